The molecular weight excluding hydrogens is 607 g/mol. The van der Waals surface area contributed by atoms with Crippen molar-refractivity contribution in [2.45, 2.75) is 0 Å². The lowest BCUT2D eigenvalue weighted by Gasteiger charge is -2.09. The van der Waals surface area contributed by atoms with Gasteiger partial charge in [-0.05, 0) is 22.9 Å². The third-order valence-corrected chi connectivity index (χ3v) is 10.3. The predicted octanol–water partition coefficient (Wildman–Crippen LogP) is 12.0. The summed E-state index contributed by atoms with van der Waals surface area (Å²) in [6.45, 7) is 0. The summed E-state index contributed by atoms with van der Waals surface area (Å²) in [5.74, 6) is 1.88. The highest BCUT2D eigenvalue weighted by molar-refractivity contribution is 7.26. The van der Waals surface area contributed by atoms with Crippen molar-refractivity contribution < 1.29 is 4.42 Å². The van der Waals surface area contributed by atoms with Crippen LogP contribution in [0.25, 0.3) is 98.2 Å². The topological polar surface area (TPSA) is 51.8 Å². The molecule has 0 spiro atoms. The fourth-order valence-corrected chi connectivity index (χ4v) is 8.20. The van der Waals surface area contributed by atoms with Crippen LogP contribution in [-0.4, -0.2) is 15.0 Å². The van der Waals surface area contributed by atoms with E-state index in [-0.39, 0.29) is 0 Å². The Balaban J connectivity index is 1.21. The van der Waals surface area contributed by atoms with Crippen molar-refractivity contribution >= 4 is 64.2 Å². The molecule has 0 aliphatic heterocycles. The largest absolute Gasteiger partial charge is 0.455 e. The zero-order valence-corrected chi connectivity index (χ0v) is 26.4. The van der Waals surface area contributed by atoms with Gasteiger partial charge in [0.2, 0.25) is 0 Å². The van der Waals surface area contributed by atoms with Crippen LogP contribution in [0.2, 0.25) is 0 Å². The van der Waals surface area contributed by atoms with Gasteiger partial charge in [-0.25, -0.2) is 15.0 Å². The van der Waals surface area contributed by atoms with Crippen molar-refractivity contribution in [2.24, 2.45) is 0 Å². The van der Waals surface area contributed by atoms with Gasteiger partial charge in [-0.2, -0.15) is 0 Å². The fraction of sp³-hybridized carbons (Fsp3) is 0. The molecule has 0 atom stereocenters. The van der Waals surface area contributed by atoms with Gasteiger partial charge in [-0.3, -0.25) is 0 Å². The number of thiophene rings is 1. The smallest absolute Gasteiger partial charge is 0.164 e. The molecule has 3 aromatic heterocycles. The lowest BCUT2D eigenvalue weighted by molar-refractivity contribution is 0.670. The van der Waals surface area contributed by atoms with Crippen LogP contribution in [0, 0.1) is 0 Å². The molecule has 10 aromatic rings. The highest BCUT2D eigenvalue weighted by Gasteiger charge is 2.21. The van der Waals surface area contributed by atoms with Crippen LogP contribution in [0.3, 0.4) is 0 Å². The second-order valence-electron chi connectivity index (χ2n) is 11.9. The van der Waals surface area contributed by atoms with E-state index in [0.29, 0.717) is 17.5 Å². The van der Waals surface area contributed by atoms with Crippen LogP contribution < -0.4 is 0 Å². The summed E-state index contributed by atoms with van der Waals surface area (Å²) in [6.07, 6.45) is 0. The van der Waals surface area contributed by atoms with Crippen LogP contribution in [0.1, 0.15) is 0 Å². The summed E-state index contributed by atoms with van der Waals surface area (Å²) in [5, 5.41) is 7.15. The minimum absolute atomic E-state index is 0.611. The molecule has 48 heavy (non-hydrogen) atoms. The zero-order valence-electron chi connectivity index (χ0n) is 25.6. The van der Waals surface area contributed by atoms with Crippen molar-refractivity contribution in [1.29, 1.82) is 0 Å². The number of benzene rings is 7. The molecule has 0 amide bonds. The van der Waals surface area contributed by atoms with E-state index in [2.05, 4.69) is 78.9 Å². The van der Waals surface area contributed by atoms with Gasteiger partial charge in [0.15, 0.2) is 17.5 Å². The number of hydrogen-bond acceptors (Lipinski definition) is 5. The van der Waals surface area contributed by atoms with E-state index in [0.717, 1.165) is 44.2 Å². The van der Waals surface area contributed by atoms with Gasteiger partial charge in [0, 0.05) is 58.8 Å². The molecule has 3 heterocycles. The summed E-state index contributed by atoms with van der Waals surface area (Å²) in [7, 11) is 0. The Morgan fingerprint density at radius 1 is 0.417 bits per heavy atom. The average Bonchev–Trinajstić information content (AvgIpc) is 3.74. The van der Waals surface area contributed by atoms with Crippen molar-refractivity contribution in [3.8, 4) is 45.3 Å². The maximum atomic E-state index is 6.76. The Bertz CT molecular complexity index is 2780. The summed E-state index contributed by atoms with van der Waals surface area (Å²) in [4.78, 5) is 15.0. The van der Waals surface area contributed by atoms with Gasteiger partial charge < -0.3 is 4.42 Å². The van der Waals surface area contributed by atoms with Crippen molar-refractivity contribution in [3.05, 3.63) is 152 Å². The molecule has 7 aromatic carbocycles. The molecule has 5 heteroatoms. The highest BCUT2D eigenvalue weighted by atomic mass is 32.1. The molecule has 0 aliphatic rings. The maximum absolute atomic E-state index is 6.76. The second kappa shape index (κ2) is 10.7. The maximum Gasteiger partial charge on any atom is 0.164 e. The Hall–Kier alpha value is -6.17. The molecule has 0 N–H and O–H groups in total. The number of aromatic nitrogens is 3. The van der Waals surface area contributed by atoms with Crippen molar-refractivity contribution in [3.63, 3.8) is 0 Å². The van der Waals surface area contributed by atoms with Crippen LogP contribution in [0.4, 0.5) is 0 Å². The zero-order chi connectivity index (χ0) is 31.6. The van der Waals surface area contributed by atoms with Crippen molar-refractivity contribution in [2.75, 3.05) is 0 Å². The summed E-state index contributed by atoms with van der Waals surface area (Å²) in [6, 6.07) is 52.5. The number of nitrogens with zero attached hydrogens (tertiary/aromatic N) is 3. The summed E-state index contributed by atoms with van der Waals surface area (Å²) in [5.41, 5.74) is 6.68. The van der Waals surface area contributed by atoms with E-state index < -0.39 is 0 Å². The first-order valence-electron chi connectivity index (χ1n) is 15.9. The van der Waals surface area contributed by atoms with E-state index in [1.54, 1.807) is 0 Å². The fourth-order valence-electron chi connectivity index (χ4n) is 6.96. The van der Waals surface area contributed by atoms with Crippen molar-refractivity contribution in [1.82, 2.24) is 15.0 Å². The van der Waals surface area contributed by atoms with E-state index in [1.807, 2.05) is 84.1 Å². The summed E-state index contributed by atoms with van der Waals surface area (Å²) < 4.78 is 9.30. The van der Waals surface area contributed by atoms with E-state index >= 15 is 0 Å². The molecule has 0 bridgehead atoms. The Morgan fingerprint density at radius 3 is 1.79 bits per heavy atom. The minimum Gasteiger partial charge on any atom is -0.455 e. The van der Waals surface area contributed by atoms with E-state index in [1.165, 1.54) is 36.5 Å². The highest BCUT2D eigenvalue weighted by Crippen LogP contribution is 2.46. The van der Waals surface area contributed by atoms with Gasteiger partial charge in [0.05, 0.1) is 0 Å². The first-order chi connectivity index (χ1) is 23.8. The number of fused-ring (bicyclic) bond motifs is 8. The Kier molecular flexibility index (Phi) is 6.01. The molecule has 0 saturated heterocycles. The molecule has 0 radical (unpaired) electrons. The van der Waals surface area contributed by atoms with E-state index in [4.69, 9.17) is 19.4 Å². The number of hydrogen-bond donors (Lipinski definition) is 0. The summed E-state index contributed by atoms with van der Waals surface area (Å²) >= 11 is 1.84. The van der Waals surface area contributed by atoms with Gasteiger partial charge in [-0.1, -0.05) is 140 Å². The first kappa shape index (κ1) is 27.0. The van der Waals surface area contributed by atoms with Gasteiger partial charge >= 0.3 is 0 Å². The number of rotatable bonds is 4. The lowest BCUT2D eigenvalue weighted by atomic mass is 9.98. The molecule has 4 nitrogen and oxygen atoms in total. The van der Waals surface area contributed by atoms with Crippen LogP contribution in [-0.2, 0) is 0 Å². The monoisotopic (exact) mass is 631 g/mol. The van der Waals surface area contributed by atoms with Gasteiger partial charge in [-0.15, -0.1) is 11.3 Å². The number of furan rings is 1. The van der Waals surface area contributed by atoms with Gasteiger partial charge in [0.25, 0.3) is 0 Å². The lowest BCUT2D eigenvalue weighted by Crippen LogP contribution is -2.00. The Morgan fingerprint density at radius 2 is 1.02 bits per heavy atom. The third kappa shape index (κ3) is 4.18. The quantitative estimate of drug-likeness (QED) is 0.194. The third-order valence-electron chi connectivity index (χ3n) is 9.14. The SMILES string of the molecule is c1ccc(-c2nc(-c3ccccc3)nc(-c3cccc4oc5c(-c6cccc7c6sc6ccc8ccccc8c67)cccc5c34)n2)cc1. The van der Waals surface area contributed by atoms with E-state index in [9.17, 15) is 0 Å². The molecule has 0 fully saturated rings. The number of para-hydroxylation sites is 1. The van der Waals surface area contributed by atoms with Crippen LogP contribution in [0.5, 0.6) is 0 Å². The normalized spacial score (nSPS) is 11.8. The van der Waals surface area contributed by atoms with Crippen LogP contribution >= 0.6 is 11.3 Å². The molecule has 10 rings (SSSR count). The predicted molar refractivity (Wildman–Crippen MR) is 199 cm³/mol. The average molecular weight is 632 g/mol. The standard InChI is InChI=1S/C43H25N3OS/c1-3-13-27(14-4-1)41-44-42(28-15-5-2-6-16-28)46-43(45-41)34-22-11-23-35-37(34)32-20-9-18-30(39(32)47-35)31-19-10-21-33-38-29-17-8-7-12-26(29)24-25-36(38)48-40(31)33/h1-25H. The molecule has 0 saturated carbocycles. The molecule has 0 aliphatic carbocycles. The first-order valence-corrected chi connectivity index (χ1v) is 16.8. The second-order valence-corrected chi connectivity index (χ2v) is 13.0. The molecule has 0 unspecified atom stereocenters. The Labute approximate surface area is 279 Å². The molecule has 224 valence electrons. The van der Waals surface area contributed by atoms with Crippen LogP contribution in [0.15, 0.2) is 156 Å². The minimum atomic E-state index is 0.611. The molecular formula is C43H25N3OS. The van der Waals surface area contributed by atoms with Gasteiger partial charge in [0.1, 0.15) is 11.2 Å².